The number of halogens is 2. The fourth-order valence-electron chi connectivity index (χ4n) is 1.97. The maximum Gasteiger partial charge on any atom is 0.191 e. The second-order valence-electron chi connectivity index (χ2n) is 4.46. The van der Waals surface area contributed by atoms with Gasteiger partial charge in [-0.3, -0.25) is 4.68 Å². The number of nitrogens with two attached hydrogens (primary N) is 1. The molecule has 0 aliphatic heterocycles. The summed E-state index contributed by atoms with van der Waals surface area (Å²) in [5.74, 6) is -0.239. The third kappa shape index (κ3) is 2.47. The van der Waals surface area contributed by atoms with E-state index in [1.807, 2.05) is 0 Å². The van der Waals surface area contributed by atoms with Gasteiger partial charge in [0.1, 0.15) is 30.0 Å². The third-order valence-corrected chi connectivity index (χ3v) is 3.73. The molecule has 0 aliphatic rings. The van der Waals surface area contributed by atoms with Gasteiger partial charge in [0.25, 0.3) is 0 Å². The summed E-state index contributed by atoms with van der Waals surface area (Å²) in [6.45, 7) is -0.843. The van der Waals surface area contributed by atoms with Crippen molar-refractivity contribution >= 4 is 32.7 Å². The van der Waals surface area contributed by atoms with Crippen LogP contribution in [-0.4, -0.2) is 24.7 Å². The molecule has 1 atom stereocenters. The van der Waals surface area contributed by atoms with Crippen molar-refractivity contribution in [2.75, 3.05) is 5.73 Å². The number of hydrogen-bond donors (Lipinski definition) is 1. The number of fused-ring (bicyclic) bond motifs is 1. The molecule has 1 aromatic carbocycles. The van der Waals surface area contributed by atoms with E-state index in [0.29, 0.717) is 5.39 Å². The van der Waals surface area contributed by atoms with Crippen molar-refractivity contribution in [1.82, 2.24) is 24.7 Å². The summed E-state index contributed by atoms with van der Waals surface area (Å²) in [5, 5.41) is 4.20. The van der Waals surface area contributed by atoms with Crippen LogP contribution in [0.1, 0.15) is 23.0 Å². The number of anilines is 1. The van der Waals surface area contributed by atoms with Crippen LogP contribution in [0.2, 0.25) is 0 Å². The zero-order valence-corrected chi connectivity index (χ0v) is 12.9. The first-order valence-corrected chi connectivity index (χ1v) is 6.94. The van der Waals surface area contributed by atoms with Gasteiger partial charge in [-0.05, 0) is 22.9 Å². The number of aromatic nitrogens is 5. The molecule has 114 valence electrons. The van der Waals surface area contributed by atoms with Crippen LogP contribution in [0.3, 0.4) is 0 Å². The lowest BCUT2D eigenvalue weighted by molar-refractivity contribution is 0.218. The van der Waals surface area contributed by atoms with Gasteiger partial charge < -0.3 is 10.5 Å². The van der Waals surface area contributed by atoms with Crippen LogP contribution in [0.5, 0.6) is 5.75 Å². The highest BCUT2D eigenvalue weighted by molar-refractivity contribution is 9.10. The first-order valence-electron chi connectivity index (χ1n) is 7.65. The number of rotatable bonds is 3. The lowest BCUT2D eigenvalue weighted by atomic mass is 10.2. The Morgan fingerprint density at radius 1 is 1.45 bits per heavy atom. The molecule has 1 unspecified atom stereocenters. The summed E-state index contributed by atoms with van der Waals surface area (Å²) in [4.78, 5) is 11.8. The minimum absolute atomic E-state index is 0.103. The Bertz CT molecular complexity index is 947. The monoisotopic (exact) mass is 369 g/mol. The Morgan fingerprint density at radius 3 is 3.00 bits per heavy atom. The van der Waals surface area contributed by atoms with Crippen molar-refractivity contribution in [3.8, 4) is 5.75 Å². The van der Waals surface area contributed by atoms with E-state index in [-0.39, 0.29) is 27.4 Å². The molecule has 3 aromatic rings. The van der Waals surface area contributed by atoms with E-state index < -0.39 is 18.9 Å². The lowest BCUT2D eigenvalue weighted by Gasteiger charge is -2.15. The van der Waals surface area contributed by atoms with E-state index in [1.54, 1.807) is 6.92 Å². The molecule has 0 saturated heterocycles. The molecule has 0 amide bonds. The Morgan fingerprint density at radius 2 is 2.27 bits per heavy atom. The molecule has 0 fully saturated rings. The number of hydrogen-bond acceptors (Lipinski definition) is 6. The van der Waals surface area contributed by atoms with Gasteiger partial charge in [-0.2, -0.15) is 5.10 Å². The molecular weight excluding hydrogens is 355 g/mol. The average molecular weight is 370 g/mol. The van der Waals surface area contributed by atoms with Gasteiger partial charge in [0.15, 0.2) is 11.9 Å². The molecule has 0 radical (unpaired) electrons. The van der Waals surface area contributed by atoms with Gasteiger partial charge in [0.05, 0.1) is 15.4 Å². The van der Waals surface area contributed by atoms with Gasteiger partial charge in [-0.25, -0.2) is 19.3 Å². The van der Waals surface area contributed by atoms with Crippen molar-refractivity contribution in [3.05, 3.63) is 34.8 Å². The molecule has 3 rings (SSSR count). The summed E-state index contributed by atoms with van der Waals surface area (Å²) in [6.07, 6.45) is 1.54. The maximum absolute atomic E-state index is 14.1. The third-order valence-electron chi connectivity index (χ3n) is 2.98. The normalized spacial score (nSPS) is 15.1. The predicted molar refractivity (Wildman–Crippen MR) is 81.7 cm³/mol. The highest BCUT2D eigenvalue weighted by atomic mass is 79.9. The summed E-state index contributed by atoms with van der Waals surface area (Å²) in [5.41, 5.74) is 6.13. The molecule has 2 aromatic heterocycles. The Labute approximate surface area is 137 Å². The second kappa shape index (κ2) is 5.48. The van der Waals surface area contributed by atoms with Crippen LogP contribution < -0.4 is 10.5 Å². The lowest BCUT2D eigenvalue weighted by Crippen LogP contribution is -2.08. The van der Waals surface area contributed by atoms with Gasteiger partial charge >= 0.3 is 0 Å². The first-order chi connectivity index (χ1) is 11.7. The average Bonchev–Trinajstić information content (AvgIpc) is 3.02. The summed E-state index contributed by atoms with van der Waals surface area (Å²) >= 11 is 3.12. The van der Waals surface area contributed by atoms with Crippen molar-refractivity contribution in [2.24, 2.45) is 6.98 Å². The van der Waals surface area contributed by atoms with Gasteiger partial charge in [-0.15, -0.1) is 0 Å². The van der Waals surface area contributed by atoms with Crippen LogP contribution >= 0.6 is 15.9 Å². The van der Waals surface area contributed by atoms with Crippen molar-refractivity contribution in [3.63, 3.8) is 0 Å². The molecular formula is C13H12BrFN6O. The van der Waals surface area contributed by atoms with Crippen molar-refractivity contribution < 1.29 is 13.2 Å². The second-order valence-corrected chi connectivity index (χ2v) is 5.25. The summed E-state index contributed by atoms with van der Waals surface area (Å²) in [6, 6.07) is 1.14. The molecule has 2 heterocycles. The van der Waals surface area contributed by atoms with Crippen molar-refractivity contribution in [2.45, 2.75) is 13.0 Å². The van der Waals surface area contributed by atoms with Crippen molar-refractivity contribution in [1.29, 1.82) is 0 Å². The fraction of sp³-hybridized carbons (Fsp3) is 0.231. The molecule has 9 heteroatoms. The molecule has 22 heavy (non-hydrogen) atoms. The quantitative estimate of drug-likeness (QED) is 0.761. The van der Waals surface area contributed by atoms with Crippen LogP contribution in [0.4, 0.5) is 10.2 Å². The SMILES string of the molecule is [2H]C([2H])([2H])n1cnc(C(C)Oc2cc(F)c(Br)c3ncnc(N)c23)n1. The zero-order chi connectivity index (χ0) is 18.4. The Balaban J connectivity index is 2.00. The van der Waals surface area contributed by atoms with Gasteiger partial charge in [0.2, 0.25) is 0 Å². The fourth-order valence-corrected chi connectivity index (χ4v) is 2.39. The molecule has 0 spiro atoms. The van der Waals surface area contributed by atoms with Crippen LogP contribution in [0.25, 0.3) is 10.9 Å². The number of benzene rings is 1. The number of aryl methyl sites for hydroxylation is 1. The molecule has 0 bridgehead atoms. The minimum Gasteiger partial charge on any atom is -0.482 e. The van der Waals surface area contributed by atoms with Gasteiger partial charge in [0, 0.05) is 17.2 Å². The van der Waals surface area contributed by atoms with Gasteiger partial charge in [-0.1, -0.05) is 0 Å². The van der Waals surface area contributed by atoms with E-state index in [4.69, 9.17) is 14.6 Å². The Hall–Kier alpha value is -2.29. The van der Waals surface area contributed by atoms with E-state index in [9.17, 15) is 4.39 Å². The Kier molecular flexibility index (Phi) is 2.82. The maximum atomic E-state index is 14.1. The molecule has 0 saturated carbocycles. The zero-order valence-electron chi connectivity index (χ0n) is 14.3. The standard InChI is InChI=1S/C13H12BrFN6O/c1-6(13-19-5-21(2)20-13)22-8-3-7(15)10(14)11-9(8)12(16)18-4-17-11/h3-6H,1-2H3,(H2,16,17,18)/i2D3. The largest absolute Gasteiger partial charge is 0.482 e. The predicted octanol–water partition coefficient (Wildman–Crippen LogP) is 2.38. The van der Waals surface area contributed by atoms with E-state index in [1.165, 1.54) is 6.33 Å². The van der Waals surface area contributed by atoms with Crippen LogP contribution in [0.15, 0.2) is 23.2 Å². The molecule has 7 nitrogen and oxygen atoms in total. The number of nitrogen functional groups attached to an aromatic ring is 1. The summed E-state index contributed by atoms with van der Waals surface area (Å²) < 4.78 is 42.6. The smallest absolute Gasteiger partial charge is 0.191 e. The minimum atomic E-state index is -2.44. The number of nitrogens with zero attached hydrogens (tertiary/aromatic N) is 5. The highest BCUT2D eigenvalue weighted by Gasteiger charge is 2.19. The van der Waals surface area contributed by atoms with Crippen LogP contribution in [0, 0.1) is 5.82 Å². The van der Waals surface area contributed by atoms with E-state index in [2.05, 4.69) is 36.0 Å². The summed E-state index contributed by atoms with van der Waals surface area (Å²) in [7, 11) is 0. The first kappa shape index (κ1) is 11.3. The topological polar surface area (TPSA) is 91.7 Å². The number of ether oxygens (including phenoxy) is 1. The highest BCUT2D eigenvalue weighted by Crippen LogP contribution is 2.36. The van der Waals surface area contributed by atoms with Crippen LogP contribution in [-0.2, 0) is 6.98 Å². The van der Waals surface area contributed by atoms with E-state index >= 15 is 0 Å². The van der Waals surface area contributed by atoms with E-state index in [0.717, 1.165) is 17.1 Å². The molecule has 0 aliphatic carbocycles. The molecule has 2 N–H and O–H groups in total.